The number of carbonyl (C=O) groups excluding carboxylic acids is 2. The molecule has 7 heteroatoms. The minimum atomic E-state index is -0.614. The maximum absolute atomic E-state index is 13.2. The van der Waals surface area contributed by atoms with Crippen molar-refractivity contribution in [2.24, 2.45) is 0 Å². The molecule has 2 aliphatic rings. The van der Waals surface area contributed by atoms with Gasteiger partial charge in [-0.15, -0.1) is 0 Å². The van der Waals surface area contributed by atoms with Gasteiger partial charge in [0.2, 0.25) is 0 Å². The first-order valence-electron chi connectivity index (χ1n) is 9.29. The Bertz CT molecular complexity index is 611. The fourth-order valence-corrected chi connectivity index (χ4v) is 3.62. The lowest BCUT2D eigenvalue weighted by molar-refractivity contribution is -0.139. The van der Waals surface area contributed by atoms with E-state index in [-0.39, 0.29) is 17.9 Å². The third kappa shape index (κ3) is 5.02. The third-order valence-electron chi connectivity index (χ3n) is 5.09. The van der Waals surface area contributed by atoms with E-state index in [1.807, 2.05) is 0 Å². The summed E-state index contributed by atoms with van der Waals surface area (Å²) >= 11 is 0. The van der Waals surface area contributed by atoms with Crippen LogP contribution in [0.5, 0.6) is 0 Å². The van der Waals surface area contributed by atoms with Crippen molar-refractivity contribution in [3.63, 3.8) is 0 Å². The van der Waals surface area contributed by atoms with Gasteiger partial charge in [-0.25, -0.2) is 4.39 Å². The van der Waals surface area contributed by atoms with Crippen LogP contribution in [0.3, 0.4) is 0 Å². The van der Waals surface area contributed by atoms with Gasteiger partial charge in [0.05, 0.1) is 19.3 Å². The molecule has 1 aromatic rings. The maximum atomic E-state index is 13.2. The molecule has 1 aliphatic carbocycles. The van der Waals surface area contributed by atoms with E-state index in [1.54, 1.807) is 12.1 Å². The smallest absolute Gasteiger partial charge is 0.309 e. The number of ether oxygens (including phenoxy) is 1. The van der Waals surface area contributed by atoms with Gasteiger partial charge < -0.3 is 15.4 Å². The monoisotopic (exact) mass is 363 g/mol. The zero-order valence-electron chi connectivity index (χ0n) is 14.9. The lowest BCUT2D eigenvalue weighted by Crippen LogP contribution is -2.48. The Morgan fingerprint density at radius 3 is 2.42 bits per heavy atom. The molecule has 1 heterocycles. The van der Waals surface area contributed by atoms with Gasteiger partial charge in [-0.3, -0.25) is 14.5 Å². The Morgan fingerprint density at radius 2 is 1.77 bits per heavy atom. The molecule has 1 saturated heterocycles. The molecule has 0 radical (unpaired) electrons. The summed E-state index contributed by atoms with van der Waals surface area (Å²) in [7, 11) is 0. The quantitative estimate of drug-likeness (QED) is 0.776. The number of hydrogen-bond donors (Lipinski definition) is 2. The number of nitrogens with one attached hydrogen (secondary N) is 2. The van der Waals surface area contributed by atoms with Crippen molar-refractivity contribution in [3.8, 4) is 0 Å². The van der Waals surface area contributed by atoms with E-state index in [2.05, 4.69) is 15.5 Å². The summed E-state index contributed by atoms with van der Waals surface area (Å²) in [6.07, 6.45) is 4.06. The van der Waals surface area contributed by atoms with Crippen LogP contribution in [0.4, 0.5) is 4.39 Å². The molecular formula is C19H26FN3O3. The summed E-state index contributed by atoms with van der Waals surface area (Å²) in [5, 5.41) is 5.53. The molecule has 6 nitrogen and oxygen atoms in total. The molecule has 2 N–H and O–H groups in total. The Balaban J connectivity index is 1.60. The molecule has 3 rings (SSSR count). The predicted molar refractivity (Wildman–Crippen MR) is 94.9 cm³/mol. The number of benzene rings is 1. The maximum Gasteiger partial charge on any atom is 0.309 e. The highest BCUT2D eigenvalue weighted by atomic mass is 19.1. The second-order valence-corrected chi connectivity index (χ2v) is 6.88. The second kappa shape index (κ2) is 9.09. The molecule has 1 saturated carbocycles. The largest absolute Gasteiger partial charge is 0.379 e. The van der Waals surface area contributed by atoms with Gasteiger partial charge >= 0.3 is 11.8 Å². The summed E-state index contributed by atoms with van der Waals surface area (Å²) in [5.41, 5.74) is 0.907. The van der Waals surface area contributed by atoms with Gasteiger partial charge in [0.25, 0.3) is 0 Å². The summed E-state index contributed by atoms with van der Waals surface area (Å²) in [5.74, 6) is -1.48. The van der Waals surface area contributed by atoms with Crippen molar-refractivity contribution < 1.29 is 18.7 Å². The number of rotatable bonds is 5. The van der Waals surface area contributed by atoms with E-state index in [1.165, 1.54) is 12.1 Å². The van der Waals surface area contributed by atoms with Crippen molar-refractivity contribution in [1.82, 2.24) is 15.5 Å². The van der Waals surface area contributed by atoms with Crippen LogP contribution in [0.25, 0.3) is 0 Å². The number of amides is 2. The lowest BCUT2D eigenvalue weighted by Gasteiger charge is -2.34. The molecule has 2 amide bonds. The Kier molecular flexibility index (Phi) is 6.57. The highest BCUT2D eigenvalue weighted by Crippen LogP contribution is 2.22. The van der Waals surface area contributed by atoms with Gasteiger partial charge in [0.15, 0.2) is 0 Å². The van der Waals surface area contributed by atoms with Gasteiger partial charge in [0, 0.05) is 25.7 Å². The molecule has 0 spiro atoms. The number of halogens is 1. The van der Waals surface area contributed by atoms with Gasteiger partial charge in [-0.05, 0) is 30.5 Å². The summed E-state index contributed by atoms with van der Waals surface area (Å²) in [6.45, 7) is 2.99. The second-order valence-electron chi connectivity index (χ2n) is 6.88. The summed E-state index contributed by atoms with van der Waals surface area (Å²) < 4.78 is 18.6. The van der Waals surface area contributed by atoms with Crippen molar-refractivity contribution in [2.45, 2.75) is 37.8 Å². The van der Waals surface area contributed by atoms with Crippen LogP contribution >= 0.6 is 0 Å². The van der Waals surface area contributed by atoms with E-state index in [4.69, 9.17) is 4.74 Å². The normalized spacial score (nSPS) is 19.9. The molecule has 1 aromatic carbocycles. The van der Waals surface area contributed by atoms with Crippen molar-refractivity contribution in [1.29, 1.82) is 0 Å². The van der Waals surface area contributed by atoms with Gasteiger partial charge in [0.1, 0.15) is 5.82 Å². The molecule has 2 fully saturated rings. The SMILES string of the molecule is O=C(NCC(c1ccc(F)cc1)N1CCOCC1)C(=O)NC1CCCC1. The molecular weight excluding hydrogens is 337 g/mol. The molecule has 1 aliphatic heterocycles. The van der Waals surface area contributed by atoms with Crippen LogP contribution in [-0.4, -0.2) is 55.6 Å². The highest BCUT2D eigenvalue weighted by Gasteiger charge is 2.26. The average molecular weight is 363 g/mol. The highest BCUT2D eigenvalue weighted by molar-refractivity contribution is 6.35. The Hall–Kier alpha value is -1.99. The molecule has 26 heavy (non-hydrogen) atoms. The first kappa shape index (κ1) is 18.8. The van der Waals surface area contributed by atoms with Crippen LogP contribution in [0.2, 0.25) is 0 Å². The lowest BCUT2D eigenvalue weighted by atomic mass is 10.0. The molecule has 1 atom stereocenters. The predicted octanol–water partition coefficient (Wildman–Crippen LogP) is 1.37. The van der Waals surface area contributed by atoms with E-state index in [9.17, 15) is 14.0 Å². The van der Waals surface area contributed by atoms with Crippen LogP contribution in [0, 0.1) is 5.82 Å². The topological polar surface area (TPSA) is 70.7 Å². The first-order valence-corrected chi connectivity index (χ1v) is 9.29. The number of morpholine rings is 1. The number of carbonyl (C=O) groups is 2. The number of hydrogen-bond acceptors (Lipinski definition) is 4. The fraction of sp³-hybridized carbons (Fsp3) is 0.579. The summed E-state index contributed by atoms with van der Waals surface area (Å²) in [4.78, 5) is 26.4. The minimum Gasteiger partial charge on any atom is -0.379 e. The van der Waals surface area contributed by atoms with E-state index in [0.717, 1.165) is 44.3 Å². The zero-order valence-corrected chi connectivity index (χ0v) is 14.9. The summed E-state index contributed by atoms with van der Waals surface area (Å²) in [6, 6.07) is 6.26. The van der Waals surface area contributed by atoms with Crippen LogP contribution in [-0.2, 0) is 14.3 Å². The fourth-order valence-electron chi connectivity index (χ4n) is 3.62. The average Bonchev–Trinajstić information content (AvgIpc) is 3.17. The zero-order chi connectivity index (χ0) is 18.4. The van der Waals surface area contributed by atoms with E-state index < -0.39 is 11.8 Å². The van der Waals surface area contributed by atoms with Crippen LogP contribution < -0.4 is 10.6 Å². The van der Waals surface area contributed by atoms with Gasteiger partial charge in [-0.1, -0.05) is 25.0 Å². The van der Waals surface area contributed by atoms with E-state index in [0.29, 0.717) is 19.8 Å². The van der Waals surface area contributed by atoms with E-state index >= 15 is 0 Å². The van der Waals surface area contributed by atoms with Crippen LogP contribution in [0.15, 0.2) is 24.3 Å². The standard InChI is InChI=1S/C19H26FN3O3/c20-15-7-5-14(6-8-15)17(23-9-11-26-12-10-23)13-21-18(24)19(25)22-16-3-1-2-4-16/h5-8,16-17H,1-4,9-13H2,(H,21,24)(H,22,25). The van der Waals surface area contributed by atoms with Crippen molar-refractivity contribution >= 4 is 11.8 Å². The molecule has 1 unspecified atom stereocenters. The van der Waals surface area contributed by atoms with Crippen LogP contribution in [0.1, 0.15) is 37.3 Å². The third-order valence-corrected chi connectivity index (χ3v) is 5.09. The Morgan fingerprint density at radius 1 is 1.12 bits per heavy atom. The Labute approximate surface area is 153 Å². The molecule has 0 bridgehead atoms. The molecule has 142 valence electrons. The van der Waals surface area contributed by atoms with Crippen molar-refractivity contribution in [2.75, 3.05) is 32.8 Å². The minimum absolute atomic E-state index is 0.111. The van der Waals surface area contributed by atoms with Gasteiger partial charge in [-0.2, -0.15) is 0 Å². The molecule has 0 aromatic heterocycles. The van der Waals surface area contributed by atoms with Crippen molar-refractivity contribution in [3.05, 3.63) is 35.6 Å². The number of nitrogens with zero attached hydrogens (tertiary/aromatic N) is 1. The first-order chi connectivity index (χ1) is 12.6.